The Morgan fingerprint density at radius 3 is 2.50 bits per heavy atom. The van der Waals surface area contributed by atoms with Crippen LogP contribution >= 0.6 is 11.6 Å². The molecule has 0 saturated heterocycles. The first-order chi connectivity index (χ1) is 9.19. The highest BCUT2D eigenvalue weighted by Gasteiger charge is 2.22. The monoisotopic (exact) mass is 324 g/mol. The van der Waals surface area contributed by atoms with Crippen molar-refractivity contribution in [2.45, 2.75) is 4.90 Å². The van der Waals surface area contributed by atoms with Crippen molar-refractivity contribution in [2.24, 2.45) is 0 Å². The minimum absolute atomic E-state index is 0.564. The highest BCUT2D eigenvalue weighted by Crippen LogP contribution is 2.24. The number of hydrogen-bond donors (Lipinski definition) is 3. The number of aromatic carboxylic acids is 1. The largest absolute Gasteiger partial charge is 0.478 e. The fourth-order valence-corrected chi connectivity index (χ4v) is 2.42. The van der Waals surface area contributed by atoms with Gasteiger partial charge in [0.1, 0.15) is 5.82 Å². The lowest BCUT2D eigenvalue weighted by Gasteiger charge is -2.08. The van der Waals surface area contributed by atoms with Crippen LogP contribution in [0.25, 0.3) is 0 Å². The van der Waals surface area contributed by atoms with E-state index in [1.165, 1.54) is 7.05 Å². The molecule has 1 amide bonds. The van der Waals surface area contributed by atoms with Crippen LogP contribution in [0.2, 0.25) is 5.02 Å². The first-order valence-corrected chi connectivity index (χ1v) is 6.97. The van der Waals surface area contributed by atoms with Gasteiger partial charge in [-0.3, -0.25) is 4.79 Å². The fourth-order valence-electron chi connectivity index (χ4n) is 1.21. The van der Waals surface area contributed by atoms with Gasteiger partial charge in [-0.15, -0.1) is 0 Å². The summed E-state index contributed by atoms with van der Waals surface area (Å²) in [7, 11) is -2.93. The number of hydrogen-bond acceptors (Lipinski definition) is 4. The summed E-state index contributed by atoms with van der Waals surface area (Å²) < 4.78 is 38.9. The van der Waals surface area contributed by atoms with Crippen molar-refractivity contribution in [3.8, 4) is 0 Å². The van der Waals surface area contributed by atoms with Crippen LogP contribution < -0.4 is 10.0 Å². The molecule has 0 aliphatic heterocycles. The molecule has 0 aromatic heterocycles. The molecule has 1 aromatic carbocycles. The van der Waals surface area contributed by atoms with Crippen LogP contribution in [0.1, 0.15) is 10.4 Å². The van der Waals surface area contributed by atoms with Crippen LogP contribution in [0.15, 0.2) is 17.0 Å². The number of carbonyl (C=O) groups is 2. The Balaban J connectivity index is 3.19. The average molecular weight is 325 g/mol. The van der Waals surface area contributed by atoms with Crippen LogP contribution in [0.3, 0.4) is 0 Å². The molecule has 0 saturated carbocycles. The third-order valence-electron chi connectivity index (χ3n) is 2.24. The topological polar surface area (TPSA) is 113 Å². The maximum Gasteiger partial charge on any atom is 0.337 e. The molecule has 10 heteroatoms. The predicted octanol–water partition coefficient (Wildman–Crippen LogP) is 0.202. The summed E-state index contributed by atoms with van der Waals surface area (Å²) in [6.45, 7) is -0.564. The molecule has 0 unspecified atom stereocenters. The van der Waals surface area contributed by atoms with E-state index in [1.54, 1.807) is 0 Å². The highest BCUT2D eigenvalue weighted by molar-refractivity contribution is 7.89. The molecule has 0 atom stereocenters. The number of halogens is 2. The molecule has 0 radical (unpaired) electrons. The van der Waals surface area contributed by atoms with E-state index >= 15 is 0 Å². The number of carboxylic acid groups (broad SMARTS) is 1. The number of carbonyl (C=O) groups excluding carboxylic acids is 1. The van der Waals surface area contributed by atoms with E-state index in [0.717, 1.165) is 0 Å². The summed E-state index contributed by atoms with van der Waals surface area (Å²) in [6, 6.07) is 1.28. The number of likely N-dealkylation sites (N-methyl/N-ethyl adjacent to an activating group) is 1. The molecule has 0 bridgehead atoms. The van der Waals surface area contributed by atoms with Gasteiger partial charge in [-0.2, -0.15) is 0 Å². The van der Waals surface area contributed by atoms with Crippen LogP contribution in [0.4, 0.5) is 4.39 Å². The summed E-state index contributed by atoms with van der Waals surface area (Å²) >= 11 is 5.43. The molecule has 3 N–H and O–H groups in total. The summed E-state index contributed by atoms with van der Waals surface area (Å²) in [6.07, 6.45) is 0. The van der Waals surface area contributed by atoms with E-state index in [1.807, 2.05) is 4.72 Å². The van der Waals surface area contributed by atoms with Gasteiger partial charge in [0.25, 0.3) is 0 Å². The molecule has 0 aliphatic carbocycles. The van der Waals surface area contributed by atoms with Crippen LogP contribution in [-0.4, -0.2) is 39.0 Å². The number of benzene rings is 1. The Bertz CT molecular complexity index is 662. The predicted molar refractivity (Wildman–Crippen MR) is 67.6 cm³/mol. The van der Waals surface area contributed by atoms with Gasteiger partial charge in [-0.1, -0.05) is 11.6 Å². The summed E-state index contributed by atoms with van der Waals surface area (Å²) in [5.74, 6) is -3.37. The zero-order valence-corrected chi connectivity index (χ0v) is 11.7. The van der Waals surface area contributed by atoms with E-state index < -0.39 is 49.7 Å². The zero-order chi connectivity index (χ0) is 15.5. The minimum Gasteiger partial charge on any atom is -0.478 e. The van der Waals surface area contributed by atoms with Crippen molar-refractivity contribution in [3.63, 3.8) is 0 Å². The second-order valence-electron chi connectivity index (χ2n) is 3.57. The van der Waals surface area contributed by atoms with Gasteiger partial charge in [-0.05, 0) is 12.1 Å². The Morgan fingerprint density at radius 2 is 2.00 bits per heavy atom. The molecule has 0 aliphatic rings. The average Bonchev–Trinajstić information content (AvgIpc) is 2.38. The Labute approximate surface area is 118 Å². The molecular weight excluding hydrogens is 315 g/mol. The summed E-state index contributed by atoms with van der Waals surface area (Å²) in [5.41, 5.74) is -0.688. The number of rotatable bonds is 5. The fraction of sp³-hybridized carbons (Fsp3) is 0.200. The zero-order valence-electron chi connectivity index (χ0n) is 10.1. The van der Waals surface area contributed by atoms with Crippen molar-refractivity contribution in [1.82, 2.24) is 10.0 Å². The normalized spacial score (nSPS) is 11.2. The lowest BCUT2D eigenvalue weighted by molar-refractivity contribution is -0.119. The van der Waals surface area contributed by atoms with Gasteiger partial charge in [0.15, 0.2) is 0 Å². The van der Waals surface area contributed by atoms with Crippen molar-refractivity contribution in [1.29, 1.82) is 0 Å². The molecule has 1 rings (SSSR count). The van der Waals surface area contributed by atoms with E-state index in [2.05, 4.69) is 5.32 Å². The first-order valence-electron chi connectivity index (χ1n) is 5.11. The van der Waals surface area contributed by atoms with E-state index in [-0.39, 0.29) is 0 Å². The quantitative estimate of drug-likeness (QED) is 0.716. The lowest BCUT2D eigenvalue weighted by atomic mass is 10.2. The number of amides is 1. The van der Waals surface area contributed by atoms with Crippen molar-refractivity contribution < 1.29 is 27.5 Å². The van der Waals surface area contributed by atoms with Gasteiger partial charge < -0.3 is 10.4 Å². The highest BCUT2D eigenvalue weighted by atomic mass is 35.5. The Morgan fingerprint density at radius 1 is 1.40 bits per heavy atom. The molecule has 20 heavy (non-hydrogen) atoms. The summed E-state index contributed by atoms with van der Waals surface area (Å²) in [5, 5.41) is 10.3. The molecular formula is C10H10ClFN2O5S. The van der Waals surface area contributed by atoms with Gasteiger partial charge in [0, 0.05) is 7.05 Å². The maximum absolute atomic E-state index is 13.4. The SMILES string of the molecule is CNC(=O)CNS(=O)(=O)c1cc(F)c(Cl)c(C(=O)O)c1. The third-order valence-corrected chi connectivity index (χ3v) is 4.01. The van der Waals surface area contributed by atoms with Crippen molar-refractivity contribution in [3.05, 3.63) is 28.5 Å². The second kappa shape index (κ2) is 6.16. The molecule has 0 heterocycles. The van der Waals surface area contributed by atoms with Crippen LogP contribution in [-0.2, 0) is 14.8 Å². The van der Waals surface area contributed by atoms with Gasteiger partial charge in [0.2, 0.25) is 15.9 Å². The first kappa shape index (κ1) is 16.3. The molecule has 0 spiro atoms. The Hall–Kier alpha value is -1.71. The van der Waals surface area contributed by atoms with E-state index in [9.17, 15) is 22.4 Å². The van der Waals surface area contributed by atoms with Gasteiger partial charge in [-0.25, -0.2) is 22.3 Å². The number of carboxylic acids is 1. The van der Waals surface area contributed by atoms with E-state index in [4.69, 9.17) is 16.7 Å². The van der Waals surface area contributed by atoms with Crippen LogP contribution in [0.5, 0.6) is 0 Å². The van der Waals surface area contributed by atoms with E-state index in [0.29, 0.717) is 12.1 Å². The smallest absolute Gasteiger partial charge is 0.337 e. The van der Waals surface area contributed by atoms with Crippen molar-refractivity contribution >= 4 is 33.5 Å². The minimum atomic E-state index is -4.23. The maximum atomic E-state index is 13.4. The summed E-state index contributed by atoms with van der Waals surface area (Å²) in [4.78, 5) is 21.2. The van der Waals surface area contributed by atoms with Gasteiger partial charge in [0.05, 0.1) is 22.0 Å². The number of sulfonamides is 1. The lowest BCUT2D eigenvalue weighted by Crippen LogP contribution is -2.35. The third kappa shape index (κ3) is 3.65. The van der Waals surface area contributed by atoms with Crippen LogP contribution in [0, 0.1) is 5.82 Å². The molecule has 1 aromatic rings. The standard InChI is InChI=1S/C10H10ClFN2O5S/c1-13-8(15)4-14-20(18,19)5-2-6(10(16)17)9(11)7(12)3-5/h2-3,14H,4H2,1H3,(H,13,15)(H,16,17). The molecule has 110 valence electrons. The molecule has 0 fully saturated rings. The second-order valence-corrected chi connectivity index (χ2v) is 5.71. The molecule has 7 nitrogen and oxygen atoms in total. The van der Waals surface area contributed by atoms with Crippen molar-refractivity contribution in [2.75, 3.05) is 13.6 Å². The number of nitrogens with one attached hydrogen (secondary N) is 2. The Kier molecular flexibility index (Phi) is 5.03. The van der Waals surface area contributed by atoms with Gasteiger partial charge >= 0.3 is 5.97 Å².